The Bertz CT molecular complexity index is 433. The summed E-state index contributed by atoms with van der Waals surface area (Å²) in [6.45, 7) is 3.67. The summed E-state index contributed by atoms with van der Waals surface area (Å²) < 4.78 is 11.6. The van der Waals surface area contributed by atoms with Crippen LogP contribution in [-0.4, -0.2) is 48.7 Å². The lowest BCUT2D eigenvalue weighted by atomic mass is 10.1. The molecule has 2 aliphatic rings. The molecule has 3 unspecified atom stereocenters. The van der Waals surface area contributed by atoms with Crippen molar-refractivity contribution in [2.75, 3.05) is 26.4 Å². The molecule has 1 aromatic carbocycles. The third-order valence-corrected chi connectivity index (χ3v) is 4.71. The SMILES string of the molecule is OCC1CC(COC2CCCCO2)N(Cc2ccccc2)C1. The van der Waals surface area contributed by atoms with Gasteiger partial charge in [-0.25, -0.2) is 0 Å². The summed E-state index contributed by atoms with van der Waals surface area (Å²) in [7, 11) is 0. The molecule has 0 spiro atoms. The summed E-state index contributed by atoms with van der Waals surface area (Å²) in [4.78, 5) is 2.44. The second-order valence-electron chi connectivity index (χ2n) is 6.48. The largest absolute Gasteiger partial charge is 0.396 e. The Labute approximate surface area is 133 Å². The number of ether oxygens (including phenoxy) is 2. The van der Waals surface area contributed by atoms with Gasteiger partial charge in [0.25, 0.3) is 0 Å². The van der Waals surface area contributed by atoms with Gasteiger partial charge in [0, 0.05) is 32.3 Å². The molecule has 0 aliphatic carbocycles. The van der Waals surface area contributed by atoms with Crippen LogP contribution in [0.4, 0.5) is 0 Å². The number of aliphatic hydroxyl groups excluding tert-OH is 1. The predicted molar refractivity (Wildman–Crippen MR) is 85.4 cm³/mol. The van der Waals surface area contributed by atoms with E-state index in [0.29, 0.717) is 18.6 Å². The fourth-order valence-electron chi connectivity index (χ4n) is 3.47. The second kappa shape index (κ2) is 8.06. The molecule has 2 aliphatic heterocycles. The van der Waals surface area contributed by atoms with Gasteiger partial charge in [0.05, 0.1) is 6.61 Å². The highest BCUT2D eigenvalue weighted by Crippen LogP contribution is 2.26. The topological polar surface area (TPSA) is 41.9 Å². The normalized spacial score (nSPS) is 29.8. The molecule has 2 heterocycles. The summed E-state index contributed by atoms with van der Waals surface area (Å²) in [5.41, 5.74) is 1.32. The first kappa shape index (κ1) is 15.9. The number of nitrogens with zero attached hydrogens (tertiary/aromatic N) is 1. The van der Waals surface area contributed by atoms with Crippen LogP contribution in [0.25, 0.3) is 0 Å². The van der Waals surface area contributed by atoms with Crippen LogP contribution in [0, 0.1) is 5.92 Å². The van der Waals surface area contributed by atoms with Crippen molar-refractivity contribution in [2.45, 2.75) is 44.6 Å². The van der Waals surface area contributed by atoms with Gasteiger partial charge >= 0.3 is 0 Å². The molecule has 1 aromatic rings. The van der Waals surface area contributed by atoms with Crippen molar-refractivity contribution >= 4 is 0 Å². The third-order valence-electron chi connectivity index (χ3n) is 4.71. The van der Waals surface area contributed by atoms with E-state index in [2.05, 4.69) is 29.2 Å². The first-order valence-electron chi connectivity index (χ1n) is 8.47. The number of hydrogen-bond donors (Lipinski definition) is 1. The highest BCUT2D eigenvalue weighted by atomic mass is 16.7. The first-order valence-corrected chi connectivity index (χ1v) is 8.47. The molecule has 0 bridgehead atoms. The molecule has 4 heteroatoms. The van der Waals surface area contributed by atoms with Crippen LogP contribution in [0.1, 0.15) is 31.2 Å². The monoisotopic (exact) mass is 305 g/mol. The summed E-state index contributed by atoms with van der Waals surface area (Å²) in [5, 5.41) is 9.49. The minimum Gasteiger partial charge on any atom is -0.396 e. The molecule has 2 saturated heterocycles. The van der Waals surface area contributed by atoms with E-state index >= 15 is 0 Å². The molecule has 22 heavy (non-hydrogen) atoms. The van der Waals surface area contributed by atoms with Crippen LogP contribution in [0.3, 0.4) is 0 Å². The van der Waals surface area contributed by atoms with Gasteiger partial charge in [-0.15, -0.1) is 0 Å². The molecule has 1 N–H and O–H groups in total. The molecule has 3 atom stereocenters. The molecule has 122 valence electrons. The van der Waals surface area contributed by atoms with Crippen LogP contribution >= 0.6 is 0 Å². The van der Waals surface area contributed by atoms with Gasteiger partial charge in [-0.1, -0.05) is 30.3 Å². The van der Waals surface area contributed by atoms with Gasteiger partial charge in [-0.05, 0) is 37.2 Å². The second-order valence-corrected chi connectivity index (χ2v) is 6.48. The van der Waals surface area contributed by atoms with Gasteiger partial charge in [-0.2, -0.15) is 0 Å². The minimum atomic E-state index is -0.0273. The zero-order valence-electron chi connectivity index (χ0n) is 13.2. The number of rotatable bonds is 6. The average molecular weight is 305 g/mol. The third kappa shape index (κ3) is 4.29. The molecule has 2 fully saturated rings. The van der Waals surface area contributed by atoms with Gasteiger partial charge in [-0.3, -0.25) is 4.90 Å². The molecule has 0 saturated carbocycles. The maximum absolute atomic E-state index is 9.49. The molecule has 4 nitrogen and oxygen atoms in total. The Morgan fingerprint density at radius 1 is 1.23 bits per heavy atom. The molecule has 0 radical (unpaired) electrons. The molecular formula is C18H27NO3. The summed E-state index contributed by atoms with van der Waals surface area (Å²) >= 11 is 0. The number of likely N-dealkylation sites (tertiary alicyclic amines) is 1. The quantitative estimate of drug-likeness (QED) is 0.876. The average Bonchev–Trinajstić information content (AvgIpc) is 2.97. The first-order chi connectivity index (χ1) is 10.8. The smallest absolute Gasteiger partial charge is 0.157 e. The number of benzene rings is 1. The lowest BCUT2D eigenvalue weighted by Crippen LogP contribution is -2.35. The standard InChI is InChI=1S/C18H27NO3/c20-13-16-10-17(14-22-18-8-4-5-9-21-18)19(12-16)11-15-6-2-1-3-7-15/h1-3,6-7,16-18,20H,4-5,8-14H2. The van der Waals surface area contributed by atoms with Crippen molar-refractivity contribution in [3.63, 3.8) is 0 Å². The molecular weight excluding hydrogens is 278 g/mol. The highest BCUT2D eigenvalue weighted by molar-refractivity contribution is 5.15. The molecule has 0 aromatic heterocycles. The Balaban J connectivity index is 1.54. The summed E-state index contributed by atoms with van der Waals surface area (Å²) in [6.07, 6.45) is 4.34. The highest BCUT2D eigenvalue weighted by Gasteiger charge is 2.32. The van der Waals surface area contributed by atoms with Crippen LogP contribution in [-0.2, 0) is 16.0 Å². The van der Waals surface area contributed by atoms with Crippen molar-refractivity contribution in [1.82, 2.24) is 4.90 Å². The lowest BCUT2D eigenvalue weighted by molar-refractivity contribution is -0.169. The number of hydrogen-bond acceptors (Lipinski definition) is 4. The van der Waals surface area contributed by atoms with E-state index in [9.17, 15) is 5.11 Å². The Morgan fingerprint density at radius 3 is 2.82 bits per heavy atom. The molecule has 3 rings (SSSR count). The Kier molecular flexibility index (Phi) is 5.84. The van der Waals surface area contributed by atoms with Crippen molar-refractivity contribution in [3.8, 4) is 0 Å². The van der Waals surface area contributed by atoms with Crippen molar-refractivity contribution in [3.05, 3.63) is 35.9 Å². The van der Waals surface area contributed by atoms with E-state index in [1.165, 1.54) is 12.0 Å². The fraction of sp³-hybridized carbons (Fsp3) is 0.667. The van der Waals surface area contributed by atoms with E-state index in [0.717, 1.165) is 39.0 Å². The summed E-state index contributed by atoms with van der Waals surface area (Å²) in [5.74, 6) is 0.365. The van der Waals surface area contributed by atoms with E-state index in [4.69, 9.17) is 9.47 Å². The predicted octanol–water partition coefficient (Wildman–Crippen LogP) is 2.41. The number of aliphatic hydroxyl groups is 1. The van der Waals surface area contributed by atoms with Gasteiger partial charge in [0.2, 0.25) is 0 Å². The van der Waals surface area contributed by atoms with E-state index < -0.39 is 0 Å². The fourth-order valence-corrected chi connectivity index (χ4v) is 3.47. The zero-order chi connectivity index (χ0) is 15.2. The Hall–Kier alpha value is -0.940. The van der Waals surface area contributed by atoms with Crippen molar-refractivity contribution < 1.29 is 14.6 Å². The zero-order valence-corrected chi connectivity index (χ0v) is 13.2. The van der Waals surface area contributed by atoms with E-state index in [1.54, 1.807) is 0 Å². The van der Waals surface area contributed by atoms with Gasteiger partial charge in [0.1, 0.15) is 0 Å². The van der Waals surface area contributed by atoms with Crippen LogP contribution in [0.2, 0.25) is 0 Å². The maximum atomic E-state index is 9.49. The van der Waals surface area contributed by atoms with Crippen molar-refractivity contribution in [2.24, 2.45) is 5.92 Å². The lowest BCUT2D eigenvalue weighted by Gasteiger charge is -2.28. The maximum Gasteiger partial charge on any atom is 0.157 e. The van der Waals surface area contributed by atoms with Crippen LogP contribution < -0.4 is 0 Å². The van der Waals surface area contributed by atoms with Crippen LogP contribution in [0.5, 0.6) is 0 Å². The van der Waals surface area contributed by atoms with Gasteiger partial charge in [0.15, 0.2) is 6.29 Å². The summed E-state index contributed by atoms with van der Waals surface area (Å²) in [6, 6.07) is 10.9. The van der Waals surface area contributed by atoms with E-state index in [1.807, 2.05) is 6.07 Å². The van der Waals surface area contributed by atoms with E-state index in [-0.39, 0.29) is 12.9 Å². The molecule has 0 amide bonds. The minimum absolute atomic E-state index is 0.0273. The Morgan fingerprint density at radius 2 is 2.09 bits per heavy atom. The van der Waals surface area contributed by atoms with Gasteiger partial charge < -0.3 is 14.6 Å². The van der Waals surface area contributed by atoms with Crippen LogP contribution in [0.15, 0.2) is 30.3 Å². The van der Waals surface area contributed by atoms with Crippen molar-refractivity contribution in [1.29, 1.82) is 0 Å².